The number of β-amino-alcohol motifs (C(OH)–C–C–N with tert-alkyl or cyclic N) is 1. The molecule has 5 nitrogen and oxygen atoms in total. The van der Waals surface area contributed by atoms with Crippen molar-refractivity contribution in [2.45, 2.75) is 30.8 Å². The molecule has 1 unspecified atom stereocenters. The van der Waals surface area contributed by atoms with Crippen LogP contribution in [0.2, 0.25) is 5.02 Å². The van der Waals surface area contributed by atoms with Crippen LogP contribution in [0.3, 0.4) is 0 Å². The predicted octanol–water partition coefficient (Wildman–Crippen LogP) is 4.63. The Balaban J connectivity index is 0.00000128. The van der Waals surface area contributed by atoms with Crippen molar-refractivity contribution in [3.63, 3.8) is 0 Å². The molecule has 1 saturated heterocycles. The van der Waals surface area contributed by atoms with Gasteiger partial charge in [0.1, 0.15) is 5.82 Å². The maximum absolute atomic E-state index is 9.78. The minimum Gasteiger partial charge on any atom is -0.391 e. The quantitative estimate of drug-likeness (QED) is 0.608. The van der Waals surface area contributed by atoms with Gasteiger partial charge in [0, 0.05) is 31.4 Å². The minimum atomic E-state index is -0.257. The molecule has 5 rings (SSSR count). The molecule has 0 amide bonds. The van der Waals surface area contributed by atoms with Gasteiger partial charge in [0.15, 0.2) is 5.82 Å². The van der Waals surface area contributed by atoms with Crippen LogP contribution in [-0.4, -0.2) is 39.1 Å². The van der Waals surface area contributed by atoms with Crippen LogP contribution in [0.15, 0.2) is 48.5 Å². The molecule has 2 heterocycles. The van der Waals surface area contributed by atoms with E-state index in [1.165, 1.54) is 5.56 Å². The normalized spacial score (nSPS) is 19.2. The standard InChI is InChI=1S/C22H23ClN4O.2ClH/c1-26-20(18-8-7-16(13-19(18)23)27-12-9-17(28)14-27)24-25-21(26)22(10-11-22)15-5-3-2-4-6-15;;/h2-8,13,17,28H,9-12,14H2,1H3;2*1H. The second kappa shape index (κ2) is 8.75. The molecule has 2 aliphatic rings. The van der Waals surface area contributed by atoms with E-state index >= 15 is 0 Å². The molecule has 2 fully saturated rings. The number of nitrogens with zero attached hydrogens (tertiary/aromatic N) is 4. The van der Waals surface area contributed by atoms with E-state index < -0.39 is 0 Å². The van der Waals surface area contributed by atoms with E-state index in [1.807, 2.05) is 25.2 Å². The Labute approximate surface area is 193 Å². The lowest BCUT2D eigenvalue weighted by molar-refractivity contribution is 0.198. The molecule has 1 aliphatic heterocycles. The van der Waals surface area contributed by atoms with Crippen LogP contribution in [-0.2, 0) is 12.5 Å². The van der Waals surface area contributed by atoms with E-state index in [1.54, 1.807) is 0 Å². The van der Waals surface area contributed by atoms with Crippen LogP contribution in [0, 0.1) is 0 Å². The van der Waals surface area contributed by atoms with Gasteiger partial charge in [-0.25, -0.2) is 0 Å². The van der Waals surface area contributed by atoms with Crippen LogP contribution in [0.4, 0.5) is 5.69 Å². The minimum absolute atomic E-state index is 0. The number of rotatable bonds is 4. The first-order chi connectivity index (χ1) is 13.6. The van der Waals surface area contributed by atoms with Gasteiger partial charge in [-0.1, -0.05) is 41.9 Å². The molecule has 0 radical (unpaired) electrons. The second-order valence-corrected chi connectivity index (χ2v) is 8.31. The molecular formula is C22H25Cl3N4O. The zero-order valence-electron chi connectivity index (χ0n) is 16.7. The number of benzene rings is 2. The number of anilines is 1. The summed E-state index contributed by atoms with van der Waals surface area (Å²) in [4.78, 5) is 2.16. The number of aliphatic hydroxyl groups excluding tert-OH is 1. The summed E-state index contributed by atoms with van der Waals surface area (Å²) in [7, 11) is 2.02. The van der Waals surface area contributed by atoms with Crippen molar-refractivity contribution in [1.29, 1.82) is 0 Å². The lowest BCUT2D eigenvalue weighted by atomic mass is 9.95. The summed E-state index contributed by atoms with van der Waals surface area (Å²) in [6.07, 6.45) is 2.72. The summed E-state index contributed by atoms with van der Waals surface area (Å²) in [5, 5.41) is 19.5. The molecule has 1 saturated carbocycles. The second-order valence-electron chi connectivity index (χ2n) is 7.91. The van der Waals surface area contributed by atoms with E-state index in [0.29, 0.717) is 11.6 Å². The fourth-order valence-corrected chi connectivity index (χ4v) is 4.62. The van der Waals surface area contributed by atoms with Gasteiger partial charge in [0.05, 0.1) is 16.5 Å². The van der Waals surface area contributed by atoms with Gasteiger partial charge in [-0.2, -0.15) is 0 Å². The van der Waals surface area contributed by atoms with Crippen molar-refractivity contribution in [3.05, 3.63) is 64.9 Å². The first-order valence-electron chi connectivity index (χ1n) is 9.77. The zero-order valence-corrected chi connectivity index (χ0v) is 19.1. The van der Waals surface area contributed by atoms with Crippen molar-refractivity contribution < 1.29 is 5.11 Å². The van der Waals surface area contributed by atoms with Gasteiger partial charge in [-0.15, -0.1) is 35.0 Å². The largest absolute Gasteiger partial charge is 0.391 e. The molecule has 1 aliphatic carbocycles. The van der Waals surface area contributed by atoms with E-state index in [0.717, 1.165) is 48.7 Å². The SMILES string of the molecule is Cl.Cl.Cn1c(-c2ccc(N3CCC(O)C3)cc2Cl)nnc1C1(c2ccccc2)CC1. The number of aliphatic hydroxyl groups is 1. The average molecular weight is 468 g/mol. The number of halogens is 3. The van der Waals surface area contributed by atoms with Gasteiger partial charge in [0.25, 0.3) is 0 Å². The summed E-state index contributed by atoms with van der Waals surface area (Å²) >= 11 is 6.64. The summed E-state index contributed by atoms with van der Waals surface area (Å²) < 4.78 is 2.08. The Hall–Kier alpha value is -1.79. The highest BCUT2D eigenvalue weighted by atomic mass is 35.5. The van der Waals surface area contributed by atoms with Gasteiger partial charge in [-0.05, 0) is 43.0 Å². The fraction of sp³-hybridized carbons (Fsp3) is 0.364. The van der Waals surface area contributed by atoms with Crippen molar-refractivity contribution in [2.75, 3.05) is 18.0 Å². The fourth-order valence-electron chi connectivity index (χ4n) is 4.36. The zero-order chi connectivity index (χ0) is 19.3. The van der Waals surface area contributed by atoms with Gasteiger partial charge < -0.3 is 14.6 Å². The lowest BCUT2D eigenvalue weighted by Gasteiger charge is -2.19. The Kier molecular flexibility index (Phi) is 6.68. The predicted molar refractivity (Wildman–Crippen MR) is 125 cm³/mol. The smallest absolute Gasteiger partial charge is 0.165 e. The molecule has 8 heteroatoms. The maximum Gasteiger partial charge on any atom is 0.165 e. The van der Waals surface area contributed by atoms with E-state index in [-0.39, 0.29) is 36.3 Å². The van der Waals surface area contributed by atoms with Gasteiger partial charge in [-0.3, -0.25) is 0 Å². The molecule has 2 aromatic carbocycles. The van der Waals surface area contributed by atoms with Crippen LogP contribution < -0.4 is 4.90 Å². The molecule has 3 aromatic rings. The van der Waals surface area contributed by atoms with Crippen molar-refractivity contribution in [3.8, 4) is 11.4 Å². The van der Waals surface area contributed by atoms with Gasteiger partial charge >= 0.3 is 0 Å². The van der Waals surface area contributed by atoms with Crippen LogP contribution >= 0.6 is 36.4 Å². The third kappa shape index (κ3) is 3.80. The highest BCUT2D eigenvalue weighted by molar-refractivity contribution is 6.33. The van der Waals surface area contributed by atoms with Crippen LogP contribution in [0.25, 0.3) is 11.4 Å². The van der Waals surface area contributed by atoms with Crippen molar-refractivity contribution in [2.24, 2.45) is 7.05 Å². The maximum atomic E-state index is 9.78. The number of aromatic nitrogens is 3. The van der Waals surface area contributed by atoms with Crippen LogP contribution in [0.1, 0.15) is 30.7 Å². The molecular weight excluding hydrogens is 443 g/mol. The topological polar surface area (TPSA) is 54.2 Å². The van der Waals surface area contributed by atoms with E-state index in [2.05, 4.69) is 50.0 Å². The van der Waals surface area contributed by atoms with Crippen molar-refractivity contribution in [1.82, 2.24) is 14.8 Å². The summed E-state index contributed by atoms with van der Waals surface area (Å²) in [6, 6.07) is 16.6. The highest BCUT2D eigenvalue weighted by Gasteiger charge is 2.49. The monoisotopic (exact) mass is 466 g/mol. The Morgan fingerprint density at radius 3 is 2.40 bits per heavy atom. The Morgan fingerprint density at radius 1 is 1.07 bits per heavy atom. The van der Waals surface area contributed by atoms with Crippen molar-refractivity contribution >= 4 is 42.1 Å². The molecule has 1 atom stereocenters. The van der Waals surface area contributed by atoms with E-state index in [9.17, 15) is 5.11 Å². The summed E-state index contributed by atoms with van der Waals surface area (Å²) in [5.41, 5.74) is 3.19. The summed E-state index contributed by atoms with van der Waals surface area (Å²) in [6.45, 7) is 1.51. The molecule has 1 aromatic heterocycles. The van der Waals surface area contributed by atoms with E-state index in [4.69, 9.17) is 11.6 Å². The first kappa shape index (κ1) is 22.9. The third-order valence-electron chi connectivity index (χ3n) is 6.10. The summed E-state index contributed by atoms with van der Waals surface area (Å²) in [5.74, 6) is 1.78. The Morgan fingerprint density at radius 2 is 1.80 bits per heavy atom. The molecule has 0 bridgehead atoms. The highest BCUT2D eigenvalue weighted by Crippen LogP contribution is 2.53. The first-order valence-corrected chi connectivity index (χ1v) is 10.1. The Bertz CT molecular complexity index is 1020. The number of hydrogen-bond acceptors (Lipinski definition) is 4. The van der Waals surface area contributed by atoms with Gasteiger partial charge in [0.2, 0.25) is 0 Å². The van der Waals surface area contributed by atoms with Crippen LogP contribution in [0.5, 0.6) is 0 Å². The molecule has 160 valence electrons. The number of hydrogen-bond donors (Lipinski definition) is 1. The molecule has 30 heavy (non-hydrogen) atoms. The average Bonchev–Trinajstić information content (AvgIpc) is 3.25. The lowest BCUT2D eigenvalue weighted by Crippen LogP contribution is -2.21. The molecule has 0 spiro atoms. The molecule has 1 N–H and O–H groups in total. The third-order valence-corrected chi connectivity index (χ3v) is 6.41.